The molecule has 3 aromatic rings. The van der Waals surface area contributed by atoms with E-state index in [1.165, 1.54) is 22.6 Å². The number of aromatic nitrogens is 4. The number of carbonyl (C=O) groups is 1. The highest BCUT2D eigenvalue weighted by atomic mass is 127. The molecule has 0 radical (unpaired) electrons. The highest BCUT2D eigenvalue weighted by molar-refractivity contribution is 14.1. The number of anilines is 1. The summed E-state index contributed by atoms with van der Waals surface area (Å²) in [6, 6.07) is 3.90. The lowest BCUT2D eigenvalue weighted by atomic mass is 9.95. The van der Waals surface area contributed by atoms with E-state index in [9.17, 15) is 13.6 Å². The molecule has 0 bridgehead atoms. The van der Waals surface area contributed by atoms with E-state index in [2.05, 4.69) is 15.1 Å². The van der Waals surface area contributed by atoms with Crippen molar-refractivity contribution in [3.05, 3.63) is 47.5 Å². The van der Waals surface area contributed by atoms with E-state index in [1.807, 2.05) is 55.7 Å². The summed E-state index contributed by atoms with van der Waals surface area (Å²) in [5.41, 5.74) is 3.18. The van der Waals surface area contributed by atoms with E-state index in [0.29, 0.717) is 25.9 Å². The van der Waals surface area contributed by atoms with Crippen LogP contribution in [0, 0.1) is 12.3 Å². The highest BCUT2D eigenvalue weighted by Crippen LogP contribution is 2.29. The van der Waals surface area contributed by atoms with Gasteiger partial charge in [-0.05, 0) is 59.5 Å². The quantitative estimate of drug-likeness (QED) is 0.196. The highest BCUT2D eigenvalue weighted by Gasteiger charge is 2.23. The van der Waals surface area contributed by atoms with Gasteiger partial charge in [-0.2, -0.15) is 13.9 Å². The van der Waals surface area contributed by atoms with E-state index in [4.69, 9.17) is 0 Å². The maximum absolute atomic E-state index is 13.0. The first-order chi connectivity index (χ1) is 15.0. The van der Waals surface area contributed by atoms with Gasteiger partial charge in [-0.3, -0.25) is 9.67 Å². The van der Waals surface area contributed by atoms with Gasteiger partial charge in [-0.25, -0.2) is 4.98 Å². The Morgan fingerprint density at radius 3 is 2.69 bits per heavy atom. The van der Waals surface area contributed by atoms with Crippen molar-refractivity contribution in [2.45, 2.75) is 50.5 Å². The zero-order valence-electron chi connectivity index (χ0n) is 18.8. The molecule has 0 amide bonds. The van der Waals surface area contributed by atoms with Crippen molar-refractivity contribution in [3.63, 3.8) is 0 Å². The molecule has 0 spiro atoms. The topological polar surface area (TPSA) is 63.9 Å². The lowest BCUT2D eigenvalue weighted by molar-refractivity contribution is -0.114. The van der Waals surface area contributed by atoms with Crippen LogP contribution in [0.4, 0.5) is 14.6 Å². The minimum Gasteiger partial charge on any atom is -0.358 e. The molecule has 0 aliphatic carbocycles. The summed E-state index contributed by atoms with van der Waals surface area (Å²) in [7, 11) is 1.92. The Hall–Kier alpha value is -2.17. The second kappa shape index (κ2) is 9.76. The van der Waals surface area contributed by atoms with E-state index in [0.717, 1.165) is 39.8 Å². The lowest BCUT2D eigenvalue weighted by Crippen LogP contribution is -2.32. The number of hydrogen-bond donors (Lipinski definition) is 0. The minimum absolute atomic E-state index is 0.148. The molecule has 0 aliphatic heterocycles. The van der Waals surface area contributed by atoms with Crippen LogP contribution in [0.5, 0.6) is 0 Å². The van der Waals surface area contributed by atoms with Crippen molar-refractivity contribution in [2.24, 2.45) is 5.41 Å². The first-order valence-electron chi connectivity index (χ1n) is 10.5. The monoisotopic (exact) mass is 555 g/mol. The van der Waals surface area contributed by atoms with Gasteiger partial charge in [-0.1, -0.05) is 19.9 Å². The number of alkyl halides is 3. The van der Waals surface area contributed by atoms with Crippen molar-refractivity contribution >= 4 is 45.6 Å². The van der Waals surface area contributed by atoms with Gasteiger partial charge in [0.1, 0.15) is 12.1 Å². The summed E-state index contributed by atoms with van der Waals surface area (Å²) in [5.74, 6) is 0.778. The molecule has 0 unspecified atom stereocenters. The van der Waals surface area contributed by atoms with Crippen LogP contribution >= 0.6 is 22.6 Å². The third kappa shape index (κ3) is 6.43. The molecule has 0 atom stereocenters. The molecule has 0 fully saturated rings. The summed E-state index contributed by atoms with van der Waals surface area (Å²) >= 11 is 1.18. The van der Waals surface area contributed by atoms with E-state index in [1.54, 1.807) is 12.4 Å². The average Bonchev–Trinajstić information content (AvgIpc) is 3.10. The van der Waals surface area contributed by atoms with Crippen LogP contribution in [0.15, 0.2) is 30.7 Å². The Labute approximate surface area is 200 Å². The molecular weight excluding hydrogens is 527 g/mol. The van der Waals surface area contributed by atoms with Crippen molar-refractivity contribution in [3.8, 4) is 0 Å². The molecule has 0 N–H and O–H groups in total. The molecule has 3 heterocycles. The van der Waals surface area contributed by atoms with Crippen molar-refractivity contribution in [1.29, 1.82) is 0 Å². The molecule has 6 nitrogen and oxygen atoms in total. The van der Waals surface area contributed by atoms with Gasteiger partial charge in [0.2, 0.25) is 0 Å². The summed E-state index contributed by atoms with van der Waals surface area (Å²) in [6.07, 6.45) is 7.21. The first-order valence-corrected chi connectivity index (χ1v) is 11.6. The number of nitrogens with zero attached hydrogens (tertiary/aromatic N) is 5. The number of halogens is 3. The molecule has 3 rings (SSSR count). The van der Waals surface area contributed by atoms with Crippen LogP contribution in [-0.2, 0) is 17.8 Å². The number of rotatable bonds is 10. The van der Waals surface area contributed by atoms with Gasteiger partial charge in [0.15, 0.2) is 0 Å². The molecule has 0 saturated carbocycles. The maximum Gasteiger partial charge on any atom is 0.296 e. The normalized spacial score (nSPS) is 12.3. The SMILES string of the molecule is Cc1cc(Cn2cc3c(N(C)CC(C)(C)C=O)nccc3n2)cnc1CCCC(F)(F)I. The fourth-order valence-corrected chi connectivity index (χ4v) is 4.12. The zero-order chi connectivity index (χ0) is 23.5. The fraction of sp³-hybridized carbons (Fsp3) is 0.478. The number of aldehydes is 1. The number of hydrogen-bond acceptors (Lipinski definition) is 5. The molecule has 0 saturated heterocycles. The summed E-state index contributed by atoms with van der Waals surface area (Å²) < 4.78 is 25.2. The van der Waals surface area contributed by atoms with Crippen molar-refractivity contribution < 1.29 is 13.6 Å². The Kier molecular flexibility index (Phi) is 7.46. The third-order valence-electron chi connectivity index (χ3n) is 5.25. The number of pyridine rings is 2. The first kappa shape index (κ1) is 24.5. The second-order valence-electron chi connectivity index (χ2n) is 8.93. The molecule has 0 aromatic carbocycles. The van der Waals surface area contributed by atoms with Gasteiger partial charge >= 0.3 is 0 Å². The standard InChI is InChI=1S/C23H28F2IN5O/c1-16-10-17(11-28-19(16)6-5-8-23(24,25)26)12-31-13-18-20(29-31)7-9-27-21(18)30(4)14-22(2,3)15-32/h7,9-11,13,15H,5-6,8,12,14H2,1-4H3. The Morgan fingerprint density at radius 2 is 2.03 bits per heavy atom. The molecule has 3 aromatic heterocycles. The van der Waals surface area contributed by atoms with Crippen LogP contribution in [0.2, 0.25) is 0 Å². The number of aryl methyl sites for hydroxylation is 2. The van der Waals surface area contributed by atoms with Crippen LogP contribution in [0.1, 0.15) is 43.5 Å². The predicted octanol–water partition coefficient (Wildman–Crippen LogP) is 5.19. The maximum atomic E-state index is 13.0. The molecule has 0 aliphatic rings. The third-order valence-corrected chi connectivity index (χ3v) is 5.79. The van der Waals surface area contributed by atoms with E-state index in [-0.39, 0.29) is 6.42 Å². The van der Waals surface area contributed by atoms with Gasteiger partial charge in [-0.15, -0.1) is 0 Å². The van der Waals surface area contributed by atoms with E-state index < -0.39 is 9.34 Å². The molecule has 9 heteroatoms. The van der Waals surface area contributed by atoms with Gasteiger partial charge in [0.05, 0.1) is 17.4 Å². The van der Waals surface area contributed by atoms with Gasteiger partial charge in [0.25, 0.3) is 3.93 Å². The molecular formula is C23H28F2IN5O. The summed E-state index contributed by atoms with van der Waals surface area (Å²) in [5, 5.41) is 5.58. The predicted molar refractivity (Wildman–Crippen MR) is 131 cm³/mol. The molecule has 172 valence electrons. The van der Waals surface area contributed by atoms with Crippen LogP contribution in [0.3, 0.4) is 0 Å². The zero-order valence-corrected chi connectivity index (χ0v) is 20.9. The number of fused-ring (bicyclic) bond motifs is 1. The summed E-state index contributed by atoms with van der Waals surface area (Å²) in [6.45, 7) is 6.83. The molecule has 32 heavy (non-hydrogen) atoms. The van der Waals surface area contributed by atoms with Crippen molar-refractivity contribution in [2.75, 3.05) is 18.5 Å². The largest absolute Gasteiger partial charge is 0.358 e. The minimum atomic E-state index is -2.67. The van der Waals surface area contributed by atoms with Crippen LogP contribution < -0.4 is 4.90 Å². The van der Waals surface area contributed by atoms with E-state index >= 15 is 0 Å². The van der Waals surface area contributed by atoms with Gasteiger partial charge < -0.3 is 9.69 Å². The fourth-order valence-electron chi connectivity index (χ4n) is 3.74. The Balaban J connectivity index is 1.75. The Bertz CT molecular complexity index is 1090. The number of carbonyl (C=O) groups excluding carboxylic acids is 1. The van der Waals surface area contributed by atoms with Crippen LogP contribution in [-0.4, -0.2) is 43.6 Å². The average molecular weight is 555 g/mol. The van der Waals surface area contributed by atoms with Crippen LogP contribution in [0.25, 0.3) is 10.9 Å². The Morgan fingerprint density at radius 1 is 1.28 bits per heavy atom. The summed E-state index contributed by atoms with van der Waals surface area (Å²) in [4.78, 5) is 22.3. The van der Waals surface area contributed by atoms with Gasteiger partial charge in [0, 0.05) is 49.7 Å². The van der Waals surface area contributed by atoms with Crippen molar-refractivity contribution in [1.82, 2.24) is 19.7 Å². The lowest BCUT2D eigenvalue weighted by Gasteiger charge is -2.26. The smallest absolute Gasteiger partial charge is 0.296 e. The second-order valence-corrected chi connectivity index (χ2v) is 10.5.